The number of fused-ring (bicyclic) bond motifs is 2. The van der Waals surface area contributed by atoms with E-state index in [-0.39, 0.29) is 34.7 Å². The van der Waals surface area contributed by atoms with Crippen molar-refractivity contribution in [1.29, 1.82) is 0 Å². The molecule has 1 heterocycles. The monoisotopic (exact) mass is 478 g/mol. The van der Waals surface area contributed by atoms with Gasteiger partial charge in [0.1, 0.15) is 28.2 Å². The maximum Gasteiger partial charge on any atom is 0.343 e. The minimum Gasteiger partial charge on any atom is -0.508 e. The number of hydrogen-bond donors (Lipinski definition) is 4. The van der Waals surface area contributed by atoms with Crippen LogP contribution in [0.1, 0.15) is 35.7 Å². The Labute approximate surface area is 193 Å². The average molecular weight is 479 g/mol. The molecule has 1 saturated carbocycles. The van der Waals surface area contributed by atoms with Crippen LogP contribution < -0.4 is 5.73 Å². The summed E-state index contributed by atoms with van der Waals surface area (Å²) in [6.45, 7) is 1.55. The summed E-state index contributed by atoms with van der Waals surface area (Å²) in [6, 6.07) is 1.49. The summed E-state index contributed by atoms with van der Waals surface area (Å²) in [5.41, 5.74) is 0.581. The smallest absolute Gasteiger partial charge is 0.343 e. The van der Waals surface area contributed by atoms with E-state index in [0.29, 0.717) is 0 Å². The highest BCUT2D eigenvalue weighted by Gasteiger charge is 2.64. The molecule has 1 fully saturated rings. The van der Waals surface area contributed by atoms with Gasteiger partial charge in [-0.25, -0.2) is 4.79 Å². The third kappa shape index (κ3) is 2.94. The molecule has 10 nitrogen and oxygen atoms in total. The highest BCUT2D eigenvalue weighted by molar-refractivity contribution is 6.32. The number of rotatable bonds is 3. The number of halogens is 1. The second-order valence-electron chi connectivity index (χ2n) is 9.11. The molecule has 0 saturated heterocycles. The minimum absolute atomic E-state index is 0.0534. The topological polar surface area (TPSA) is 167 Å². The van der Waals surface area contributed by atoms with Gasteiger partial charge in [0, 0.05) is 28.8 Å². The number of esters is 1. The molecule has 4 rings (SSSR count). The molecule has 5 atom stereocenters. The Bertz CT molecular complexity index is 1160. The lowest BCUT2D eigenvalue weighted by Crippen LogP contribution is -2.65. The van der Waals surface area contributed by atoms with Crippen molar-refractivity contribution in [2.24, 2.45) is 17.6 Å². The SMILES string of the molecule is CN(C)[C@H]1C(=O)C(C(N)=O)=C(O)[C@@]2(O)C(=O)C[C@@H]([C@]3(C)OC(=O)c4c(O)ccc(Cl)c43)C[C@@H]12. The number of aliphatic hydroxyl groups is 2. The van der Waals surface area contributed by atoms with Gasteiger partial charge in [-0.2, -0.15) is 0 Å². The molecule has 1 amide bonds. The fourth-order valence-corrected chi connectivity index (χ4v) is 5.89. The van der Waals surface area contributed by atoms with Crippen molar-refractivity contribution in [3.63, 3.8) is 0 Å². The Balaban J connectivity index is 1.87. The number of hydrogen-bond acceptors (Lipinski definition) is 9. The molecule has 1 aliphatic heterocycles. The zero-order valence-electron chi connectivity index (χ0n) is 18.1. The molecule has 11 heteroatoms. The number of aromatic hydroxyl groups is 1. The first-order chi connectivity index (χ1) is 15.3. The number of primary amides is 1. The molecule has 3 aliphatic rings. The van der Waals surface area contributed by atoms with E-state index < -0.39 is 63.9 Å². The van der Waals surface area contributed by atoms with E-state index in [1.165, 1.54) is 31.1 Å². The van der Waals surface area contributed by atoms with Gasteiger partial charge < -0.3 is 25.8 Å². The average Bonchev–Trinajstić information content (AvgIpc) is 2.99. The van der Waals surface area contributed by atoms with E-state index in [1.807, 2.05) is 0 Å². The number of likely N-dealkylation sites (N-methyl/N-ethyl adjacent to an activating group) is 1. The Kier molecular flexibility index (Phi) is 5.12. The standard InChI is InChI=1S/C22H23ClN2O8/c1-21(15-10(23)4-5-11(26)13(15)20(31)33-21)8-6-9-16(25(2)3)17(28)14(19(24)30)18(29)22(9,32)12(27)7-8/h4-5,8-9,16,26,29,32H,6-7H2,1-3H3,(H2,24,30)/t8-,9-,16+,21-,22-/m0/s1. The maximum atomic E-state index is 13.3. The van der Waals surface area contributed by atoms with Crippen molar-refractivity contribution in [3.05, 3.63) is 39.6 Å². The Morgan fingerprint density at radius 3 is 2.45 bits per heavy atom. The van der Waals surface area contributed by atoms with Gasteiger partial charge >= 0.3 is 5.97 Å². The van der Waals surface area contributed by atoms with Crippen LogP contribution >= 0.6 is 11.6 Å². The largest absolute Gasteiger partial charge is 0.508 e. The fourth-order valence-electron chi connectivity index (χ4n) is 5.54. The number of aliphatic hydroxyl groups excluding tert-OH is 1. The van der Waals surface area contributed by atoms with E-state index in [0.717, 1.165) is 0 Å². The van der Waals surface area contributed by atoms with Crippen molar-refractivity contribution in [2.45, 2.75) is 37.0 Å². The van der Waals surface area contributed by atoms with Crippen LogP contribution in [-0.2, 0) is 24.7 Å². The van der Waals surface area contributed by atoms with Crippen molar-refractivity contribution >= 4 is 35.0 Å². The fraction of sp³-hybridized carbons (Fsp3) is 0.455. The first-order valence-electron chi connectivity index (χ1n) is 10.2. The Morgan fingerprint density at radius 2 is 1.88 bits per heavy atom. The molecule has 0 unspecified atom stereocenters. The summed E-state index contributed by atoms with van der Waals surface area (Å²) < 4.78 is 5.63. The number of phenolic OH excluding ortho intramolecular Hbond substituents is 1. The van der Waals surface area contributed by atoms with Gasteiger partial charge in [0.25, 0.3) is 5.91 Å². The van der Waals surface area contributed by atoms with Crippen LogP contribution in [0.2, 0.25) is 5.02 Å². The molecular weight excluding hydrogens is 456 g/mol. The normalized spacial score (nSPS) is 33.8. The number of carbonyl (C=O) groups is 4. The van der Waals surface area contributed by atoms with E-state index in [2.05, 4.69) is 0 Å². The number of benzene rings is 1. The Hall–Kier alpha value is -2.95. The highest BCUT2D eigenvalue weighted by atomic mass is 35.5. The summed E-state index contributed by atoms with van der Waals surface area (Å²) >= 11 is 6.35. The van der Waals surface area contributed by atoms with Crippen LogP contribution in [0.4, 0.5) is 0 Å². The molecule has 33 heavy (non-hydrogen) atoms. The third-order valence-corrected chi connectivity index (χ3v) is 7.46. The van der Waals surface area contributed by atoms with Crippen LogP contribution in [0.25, 0.3) is 0 Å². The predicted molar refractivity (Wildman–Crippen MR) is 113 cm³/mol. The molecular formula is C22H23ClN2O8. The first kappa shape index (κ1) is 23.2. The lowest BCUT2D eigenvalue weighted by atomic mass is 9.58. The highest BCUT2D eigenvalue weighted by Crippen LogP contribution is 2.55. The number of Topliss-reactive ketones (excluding diaryl/α,β-unsaturated/α-hetero) is 2. The van der Waals surface area contributed by atoms with E-state index in [1.54, 1.807) is 6.92 Å². The molecule has 0 radical (unpaired) electrons. The zero-order valence-corrected chi connectivity index (χ0v) is 18.8. The van der Waals surface area contributed by atoms with Crippen LogP contribution in [0, 0.1) is 11.8 Å². The number of ether oxygens (including phenoxy) is 1. The molecule has 0 spiro atoms. The van der Waals surface area contributed by atoms with Gasteiger partial charge in [-0.3, -0.25) is 19.3 Å². The van der Waals surface area contributed by atoms with Gasteiger partial charge in [-0.15, -0.1) is 0 Å². The third-order valence-electron chi connectivity index (χ3n) is 7.15. The lowest BCUT2D eigenvalue weighted by molar-refractivity contribution is -0.166. The van der Waals surface area contributed by atoms with Crippen molar-refractivity contribution in [2.75, 3.05) is 14.1 Å². The minimum atomic E-state index is -2.52. The summed E-state index contributed by atoms with van der Waals surface area (Å²) in [6.07, 6.45) is -0.422. The summed E-state index contributed by atoms with van der Waals surface area (Å²) in [4.78, 5) is 52.3. The number of nitrogens with two attached hydrogens (primary N) is 1. The molecule has 0 aromatic heterocycles. The van der Waals surface area contributed by atoms with E-state index in [9.17, 15) is 34.5 Å². The predicted octanol–water partition coefficient (Wildman–Crippen LogP) is 0.568. The van der Waals surface area contributed by atoms with Gasteiger partial charge in [0.05, 0.1) is 6.04 Å². The quantitative estimate of drug-likeness (QED) is 0.358. The van der Waals surface area contributed by atoms with Gasteiger partial charge in [-0.05, 0) is 39.6 Å². The first-order valence-corrected chi connectivity index (χ1v) is 10.6. The number of phenols is 1. The molecule has 2 aliphatic carbocycles. The number of ketones is 2. The van der Waals surface area contributed by atoms with Crippen LogP contribution in [-0.4, -0.2) is 69.4 Å². The van der Waals surface area contributed by atoms with Crippen molar-refractivity contribution < 1.29 is 39.2 Å². The summed E-state index contributed by atoms with van der Waals surface area (Å²) in [5.74, 6) is -7.08. The number of carbonyl (C=O) groups excluding carboxylic acids is 4. The number of amides is 1. The van der Waals surface area contributed by atoms with Crippen LogP contribution in [0.3, 0.4) is 0 Å². The van der Waals surface area contributed by atoms with Gasteiger partial charge in [0.15, 0.2) is 17.2 Å². The second-order valence-corrected chi connectivity index (χ2v) is 9.51. The van der Waals surface area contributed by atoms with E-state index >= 15 is 0 Å². The molecule has 0 bridgehead atoms. The van der Waals surface area contributed by atoms with Crippen molar-refractivity contribution in [3.8, 4) is 5.75 Å². The molecule has 176 valence electrons. The second kappa shape index (κ2) is 7.28. The lowest BCUT2D eigenvalue weighted by Gasteiger charge is -2.50. The van der Waals surface area contributed by atoms with E-state index in [4.69, 9.17) is 22.1 Å². The number of nitrogens with zero attached hydrogens (tertiary/aromatic N) is 1. The van der Waals surface area contributed by atoms with Crippen LogP contribution in [0.5, 0.6) is 5.75 Å². The zero-order chi connectivity index (χ0) is 24.6. The van der Waals surface area contributed by atoms with Crippen LogP contribution in [0.15, 0.2) is 23.5 Å². The summed E-state index contributed by atoms with van der Waals surface area (Å²) in [7, 11) is 3.05. The van der Waals surface area contributed by atoms with Gasteiger partial charge in [-0.1, -0.05) is 11.6 Å². The van der Waals surface area contributed by atoms with Crippen molar-refractivity contribution in [1.82, 2.24) is 4.90 Å². The molecule has 5 N–H and O–H groups in total. The molecule has 1 aromatic carbocycles. The maximum absolute atomic E-state index is 13.3. The molecule has 1 aromatic rings. The Morgan fingerprint density at radius 1 is 1.24 bits per heavy atom. The number of cyclic esters (lactones) is 1. The van der Waals surface area contributed by atoms with Gasteiger partial charge in [0.2, 0.25) is 0 Å². The summed E-state index contributed by atoms with van der Waals surface area (Å²) in [5, 5.41) is 32.4.